The molecule has 78 valence electrons. The molecule has 0 amide bonds. The number of carbonyl (C=O) groups is 1. The highest BCUT2D eigenvalue weighted by Crippen LogP contribution is 2.38. The van der Waals surface area contributed by atoms with E-state index in [0.29, 0.717) is 0 Å². The largest absolute Gasteiger partial charge is 0.453 e. The topological polar surface area (TPSA) is 17.1 Å². The van der Waals surface area contributed by atoms with Gasteiger partial charge in [0.2, 0.25) is 5.78 Å². The normalized spacial score (nSPS) is 13.5. The first-order chi connectivity index (χ1) is 5.58. The van der Waals surface area contributed by atoms with Gasteiger partial charge in [0, 0.05) is 0 Å². The van der Waals surface area contributed by atoms with E-state index in [1.54, 1.807) is 0 Å². The van der Waals surface area contributed by atoms with E-state index in [4.69, 9.17) is 0 Å². The number of Topliss-reactive ketones (excluding diaryl/α,β-unsaturated/α-hetero) is 1. The number of alkyl halides is 7. The maximum absolute atomic E-state index is 11.9. The summed E-state index contributed by atoms with van der Waals surface area (Å²) in [5, 5.41) is 0. The summed E-state index contributed by atoms with van der Waals surface area (Å²) in [4.78, 5) is 9.88. The second-order valence-corrected chi connectivity index (χ2v) is 2.15. The third kappa shape index (κ3) is 3.19. The molecule has 0 aliphatic heterocycles. The highest BCUT2D eigenvalue weighted by atomic mass is 19.4. The van der Waals surface area contributed by atoms with Gasteiger partial charge >= 0.3 is 12.1 Å². The lowest BCUT2D eigenvalue weighted by Gasteiger charge is -2.18. The molecule has 0 bridgehead atoms. The molecule has 0 radical (unpaired) electrons. The fourth-order valence-electron chi connectivity index (χ4n) is 0.396. The van der Waals surface area contributed by atoms with Gasteiger partial charge in [0.15, 0.2) is 0 Å². The lowest BCUT2D eigenvalue weighted by molar-refractivity contribution is -0.282. The van der Waals surface area contributed by atoms with Crippen LogP contribution in [-0.4, -0.2) is 24.3 Å². The number of rotatable bonds is 3. The smallest absolute Gasteiger partial charge is 0.293 e. The minimum absolute atomic E-state index is 2.43. The van der Waals surface area contributed by atoms with Crippen LogP contribution in [-0.2, 0) is 4.79 Å². The van der Waals surface area contributed by atoms with Gasteiger partial charge in [-0.3, -0.25) is 4.79 Å². The van der Waals surface area contributed by atoms with Crippen molar-refractivity contribution in [3.05, 3.63) is 0 Å². The van der Waals surface area contributed by atoms with Crippen LogP contribution in [0.25, 0.3) is 0 Å². The molecule has 0 atom stereocenters. The summed E-state index contributed by atoms with van der Waals surface area (Å²) in [6.45, 7) is 0. The van der Waals surface area contributed by atoms with E-state index >= 15 is 0 Å². The standard InChI is InChI=1S/C5H3F7O/c6-3(7)2(13)1-4(8,9)5(10,11)12/h3H,1H2. The molecule has 0 aromatic rings. The Morgan fingerprint density at radius 3 is 1.69 bits per heavy atom. The highest BCUT2D eigenvalue weighted by molar-refractivity contribution is 5.82. The van der Waals surface area contributed by atoms with Crippen LogP contribution in [0.4, 0.5) is 30.7 Å². The van der Waals surface area contributed by atoms with Gasteiger partial charge in [-0.1, -0.05) is 0 Å². The molecule has 0 aliphatic carbocycles. The van der Waals surface area contributed by atoms with Crippen molar-refractivity contribution in [2.45, 2.75) is 24.9 Å². The molecule has 0 N–H and O–H groups in total. The summed E-state index contributed by atoms with van der Waals surface area (Å²) in [7, 11) is 0. The van der Waals surface area contributed by atoms with Gasteiger partial charge < -0.3 is 0 Å². The highest BCUT2D eigenvalue weighted by Gasteiger charge is 2.58. The van der Waals surface area contributed by atoms with Crippen LogP contribution in [0.2, 0.25) is 0 Å². The fraction of sp³-hybridized carbons (Fsp3) is 0.800. The Kier molecular flexibility index (Phi) is 3.28. The number of ketones is 1. The predicted octanol–water partition coefficient (Wildman–Crippen LogP) is 2.41. The first-order valence-corrected chi connectivity index (χ1v) is 2.83. The molecule has 0 saturated carbocycles. The summed E-state index contributed by atoms with van der Waals surface area (Å²) in [6.07, 6.45) is -12.3. The molecule has 0 heterocycles. The molecule has 13 heavy (non-hydrogen) atoms. The van der Waals surface area contributed by atoms with E-state index in [1.165, 1.54) is 0 Å². The van der Waals surface area contributed by atoms with Crippen molar-refractivity contribution >= 4 is 5.78 Å². The molecule has 0 aromatic heterocycles. The minimum atomic E-state index is -5.97. The molecular formula is C5H3F7O. The van der Waals surface area contributed by atoms with Gasteiger partial charge in [0.1, 0.15) is 0 Å². The maximum atomic E-state index is 11.9. The van der Waals surface area contributed by atoms with E-state index in [9.17, 15) is 35.5 Å². The van der Waals surface area contributed by atoms with E-state index in [0.717, 1.165) is 0 Å². The average molecular weight is 212 g/mol. The third-order valence-corrected chi connectivity index (χ3v) is 1.05. The van der Waals surface area contributed by atoms with E-state index in [2.05, 4.69) is 0 Å². The molecule has 8 heteroatoms. The monoisotopic (exact) mass is 212 g/mol. The molecule has 0 spiro atoms. The Morgan fingerprint density at radius 1 is 1.08 bits per heavy atom. The van der Waals surface area contributed by atoms with Gasteiger partial charge in [0.25, 0.3) is 6.43 Å². The number of hydrogen-bond acceptors (Lipinski definition) is 1. The Labute approximate surface area is 67.5 Å². The molecule has 0 aromatic carbocycles. The zero-order valence-electron chi connectivity index (χ0n) is 5.84. The van der Waals surface area contributed by atoms with Crippen molar-refractivity contribution in [1.29, 1.82) is 0 Å². The second kappa shape index (κ2) is 3.51. The fourth-order valence-corrected chi connectivity index (χ4v) is 0.396. The molecular weight excluding hydrogens is 209 g/mol. The number of hydrogen-bond donors (Lipinski definition) is 0. The van der Waals surface area contributed by atoms with E-state index in [-0.39, 0.29) is 0 Å². The lowest BCUT2D eigenvalue weighted by Crippen LogP contribution is -2.39. The quantitative estimate of drug-likeness (QED) is 0.656. The molecule has 0 saturated heterocycles. The summed E-state index contributed by atoms with van der Waals surface area (Å²) in [5.41, 5.74) is 0. The van der Waals surface area contributed by atoms with Crippen LogP contribution < -0.4 is 0 Å². The van der Waals surface area contributed by atoms with Gasteiger partial charge in [-0.05, 0) is 0 Å². The van der Waals surface area contributed by atoms with Crippen LogP contribution in [0.1, 0.15) is 6.42 Å². The zero-order chi connectivity index (χ0) is 10.9. The van der Waals surface area contributed by atoms with Crippen molar-refractivity contribution in [1.82, 2.24) is 0 Å². The third-order valence-electron chi connectivity index (χ3n) is 1.05. The zero-order valence-corrected chi connectivity index (χ0v) is 5.84. The SMILES string of the molecule is O=C(CC(F)(F)C(F)(F)F)C(F)F. The van der Waals surface area contributed by atoms with Crippen molar-refractivity contribution in [3.8, 4) is 0 Å². The Morgan fingerprint density at radius 2 is 1.46 bits per heavy atom. The Bertz CT molecular complexity index is 194. The second-order valence-electron chi connectivity index (χ2n) is 2.15. The van der Waals surface area contributed by atoms with Crippen LogP contribution in [0.5, 0.6) is 0 Å². The van der Waals surface area contributed by atoms with E-state index < -0.39 is 30.7 Å². The summed E-state index contributed by atoms with van der Waals surface area (Å²) < 4.78 is 80.2. The molecule has 0 fully saturated rings. The predicted molar refractivity (Wildman–Crippen MR) is 26.6 cm³/mol. The van der Waals surface area contributed by atoms with Crippen LogP contribution in [0.3, 0.4) is 0 Å². The van der Waals surface area contributed by atoms with Crippen molar-refractivity contribution in [3.63, 3.8) is 0 Å². The number of carbonyl (C=O) groups excluding carboxylic acids is 1. The van der Waals surface area contributed by atoms with Crippen molar-refractivity contribution in [2.75, 3.05) is 0 Å². The van der Waals surface area contributed by atoms with E-state index in [1.807, 2.05) is 0 Å². The average Bonchev–Trinajstić information content (AvgIpc) is 1.83. The van der Waals surface area contributed by atoms with Crippen LogP contribution in [0, 0.1) is 0 Å². The van der Waals surface area contributed by atoms with Gasteiger partial charge in [-0.15, -0.1) is 0 Å². The van der Waals surface area contributed by atoms with Gasteiger partial charge in [0.05, 0.1) is 6.42 Å². The molecule has 0 aliphatic rings. The maximum Gasteiger partial charge on any atom is 0.453 e. The molecule has 0 unspecified atom stereocenters. The Balaban J connectivity index is 4.44. The first kappa shape index (κ1) is 12.2. The van der Waals surface area contributed by atoms with Crippen LogP contribution in [0.15, 0.2) is 0 Å². The molecule has 0 rings (SSSR count). The number of halogens is 7. The first-order valence-electron chi connectivity index (χ1n) is 2.83. The summed E-state index contributed by atoms with van der Waals surface area (Å²) >= 11 is 0. The summed E-state index contributed by atoms with van der Waals surface area (Å²) in [6, 6.07) is 0. The van der Waals surface area contributed by atoms with Gasteiger partial charge in [-0.2, -0.15) is 22.0 Å². The van der Waals surface area contributed by atoms with Crippen molar-refractivity contribution < 1.29 is 35.5 Å². The minimum Gasteiger partial charge on any atom is -0.293 e. The molecule has 1 nitrogen and oxygen atoms in total. The summed E-state index contributed by atoms with van der Waals surface area (Å²) in [5.74, 6) is -7.82. The van der Waals surface area contributed by atoms with Crippen LogP contribution >= 0.6 is 0 Å². The lowest BCUT2D eigenvalue weighted by atomic mass is 10.1. The van der Waals surface area contributed by atoms with Gasteiger partial charge in [-0.25, -0.2) is 8.78 Å². The van der Waals surface area contributed by atoms with Crippen molar-refractivity contribution in [2.24, 2.45) is 0 Å². The Hall–Kier alpha value is -0.820.